The van der Waals surface area contributed by atoms with E-state index in [2.05, 4.69) is 5.32 Å². The normalized spacial score (nSPS) is 11.2. The number of nitrogens with zero attached hydrogens (tertiary/aromatic N) is 1. The number of hydrogen-bond acceptors (Lipinski definition) is 8. The summed E-state index contributed by atoms with van der Waals surface area (Å²) in [4.78, 5) is 35.2. The van der Waals surface area contributed by atoms with Gasteiger partial charge < -0.3 is 24.3 Å². The Bertz CT molecular complexity index is 979. The number of non-ortho nitro benzene ring substituents is 1. The van der Waals surface area contributed by atoms with Crippen molar-refractivity contribution in [3.05, 3.63) is 51.0 Å². The van der Waals surface area contributed by atoms with Gasteiger partial charge in [-0.25, -0.2) is 4.79 Å². The Hall–Kier alpha value is -3.53. The van der Waals surface area contributed by atoms with E-state index < -0.39 is 22.9 Å². The Morgan fingerprint density at radius 2 is 1.73 bits per heavy atom. The number of amides is 1. The maximum atomic E-state index is 12.4. The highest BCUT2D eigenvalue weighted by Crippen LogP contribution is 2.36. The number of benzene rings is 2. The Labute approximate surface area is 176 Å². The average Bonchev–Trinajstić information content (AvgIpc) is 2.72. The molecular formula is C19H19ClN2O8. The number of anilines is 1. The highest BCUT2D eigenvalue weighted by atomic mass is 35.5. The number of nitro benzene ring substituents is 1. The molecule has 0 fully saturated rings. The number of carbonyl (C=O) groups is 2. The van der Waals surface area contributed by atoms with Crippen LogP contribution in [0.15, 0.2) is 30.3 Å². The van der Waals surface area contributed by atoms with E-state index in [1.54, 1.807) is 0 Å². The number of nitro groups is 1. The quantitative estimate of drug-likeness (QED) is 0.377. The summed E-state index contributed by atoms with van der Waals surface area (Å²) in [6.45, 7) is 1.35. The fourth-order valence-corrected chi connectivity index (χ4v) is 2.75. The van der Waals surface area contributed by atoms with E-state index >= 15 is 0 Å². The number of carbonyl (C=O) groups excluding carboxylic acids is 2. The standard InChI is InChI=1S/C19H19ClN2O8/c1-10(18(23)21-14-9-12(22(25)26)5-6-15(14)27-2)30-19(24)11-7-13(20)17(29-4)16(8-11)28-3/h5-10H,1-4H3,(H,21,23)/t10-/m1/s1. The molecule has 30 heavy (non-hydrogen) atoms. The van der Waals surface area contributed by atoms with Crippen LogP contribution in [0.3, 0.4) is 0 Å². The van der Waals surface area contributed by atoms with Crippen LogP contribution in [0.4, 0.5) is 11.4 Å². The summed E-state index contributed by atoms with van der Waals surface area (Å²) < 4.78 is 20.5. The van der Waals surface area contributed by atoms with Gasteiger partial charge in [-0.1, -0.05) is 11.6 Å². The number of ether oxygens (including phenoxy) is 4. The highest BCUT2D eigenvalue weighted by molar-refractivity contribution is 6.32. The van der Waals surface area contributed by atoms with E-state index in [1.165, 1.54) is 52.5 Å². The number of nitrogens with one attached hydrogen (secondary N) is 1. The summed E-state index contributed by atoms with van der Waals surface area (Å²) in [5, 5.41) is 13.5. The highest BCUT2D eigenvalue weighted by Gasteiger charge is 2.23. The van der Waals surface area contributed by atoms with Crippen LogP contribution in [0, 0.1) is 10.1 Å². The SMILES string of the molecule is COc1ccc([N+](=O)[O-])cc1NC(=O)[C@@H](C)OC(=O)c1cc(Cl)c(OC)c(OC)c1. The van der Waals surface area contributed by atoms with Gasteiger partial charge in [-0.05, 0) is 25.1 Å². The van der Waals surface area contributed by atoms with Crippen molar-refractivity contribution >= 4 is 34.9 Å². The summed E-state index contributed by atoms with van der Waals surface area (Å²) in [6.07, 6.45) is -1.23. The van der Waals surface area contributed by atoms with Crippen molar-refractivity contribution < 1.29 is 33.5 Å². The molecule has 0 radical (unpaired) electrons. The lowest BCUT2D eigenvalue weighted by molar-refractivity contribution is -0.384. The summed E-state index contributed by atoms with van der Waals surface area (Å²) in [7, 11) is 4.13. The van der Waals surface area contributed by atoms with Crippen LogP contribution in [0.25, 0.3) is 0 Å². The van der Waals surface area contributed by atoms with Crippen LogP contribution in [-0.2, 0) is 9.53 Å². The van der Waals surface area contributed by atoms with Crippen LogP contribution >= 0.6 is 11.6 Å². The third-order valence-corrected chi connectivity index (χ3v) is 4.25. The van der Waals surface area contributed by atoms with Crippen LogP contribution < -0.4 is 19.5 Å². The molecule has 1 amide bonds. The van der Waals surface area contributed by atoms with Crippen molar-refractivity contribution in [1.29, 1.82) is 0 Å². The van der Waals surface area contributed by atoms with E-state index in [0.29, 0.717) is 0 Å². The second kappa shape index (κ2) is 9.79. The fraction of sp³-hybridized carbons (Fsp3) is 0.263. The number of hydrogen-bond donors (Lipinski definition) is 1. The van der Waals surface area contributed by atoms with Crippen LogP contribution in [0.1, 0.15) is 17.3 Å². The van der Waals surface area contributed by atoms with E-state index in [4.69, 9.17) is 30.5 Å². The molecule has 0 aliphatic heterocycles. The molecule has 0 aliphatic carbocycles. The van der Waals surface area contributed by atoms with Gasteiger partial charge in [-0.3, -0.25) is 14.9 Å². The largest absolute Gasteiger partial charge is 0.495 e. The Morgan fingerprint density at radius 1 is 1.07 bits per heavy atom. The first kappa shape index (κ1) is 22.8. The molecule has 0 bridgehead atoms. The number of halogens is 1. The first-order chi connectivity index (χ1) is 14.2. The molecule has 160 valence electrons. The van der Waals surface area contributed by atoms with Crippen molar-refractivity contribution in [1.82, 2.24) is 0 Å². The molecule has 0 aliphatic rings. The zero-order chi connectivity index (χ0) is 22.4. The minimum absolute atomic E-state index is 0.0465. The van der Waals surface area contributed by atoms with Gasteiger partial charge in [0, 0.05) is 12.1 Å². The van der Waals surface area contributed by atoms with Gasteiger partial charge in [-0.15, -0.1) is 0 Å². The third-order valence-electron chi connectivity index (χ3n) is 3.97. The number of methoxy groups -OCH3 is 3. The van der Waals surface area contributed by atoms with Gasteiger partial charge >= 0.3 is 5.97 Å². The maximum absolute atomic E-state index is 12.4. The molecule has 11 heteroatoms. The predicted molar refractivity (Wildman–Crippen MR) is 108 cm³/mol. The molecular weight excluding hydrogens is 420 g/mol. The van der Waals surface area contributed by atoms with Gasteiger partial charge in [0.1, 0.15) is 5.75 Å². The lowest BCUT2D eigenvalue weighted by atomic mass is 10.2. The van der Waals surface area contributed by atoms with Crippen LogP contribution in [-0.4, -0.2) is 44.2 Å². The molecule has 0 aromatic heterocycles. The topological polar surface area (TPSA) is 126 Å². The molecule has 0 heterocycles. The summed E-state index contributed by atoms with van der Waals surface area (Å²) in [5.74, 6) is -0.867. The monoisotopic (exact) mass is 438 g/mol. The second-order valence-corrected chi connectivity index (χ2v) is 6.28. The first-order valence-corrected chi connectivity index (χ1v) is 8.85. The van der Waals surface area contributed by atoms with Crippen molar-refractivity contribution in [2.24, 2.45) is 0 Å². The van der Waals surface area contributed by atoms with Crippen molar-refractivity contribution in [2.75, 3.05) is 26.6 Å². The van der Waals surface area contributed by atoms with Gasteiger partial charge in [-0.2, -0.15) is 0 Å². The molecule has 2 rings (SSSR count). The fourth-order valence-electron chi connectivity index (χ4n) is 2.46. The predicted octanol–water partition coefficient (Wildman–Crippen LogP) is 3.46. The van der Waals surface area contributed by atoms with E-state index in [9.17, 15) is 19.7 Å². The Balaban J connectivity index is 2.16. The summed E-state index contributed by atoms with van der Waals surface area (Å²) in [6, 6.07) is 6.40. The Morgan fingerprint density at radius 3 is 2.30 bits per heavy atom. The summed E-state index contributed by atoms with van der Waals surface area (Å²) in [5.41, 5.74) is -0.130. The number of rotatable bonds is 8. The summed E-state index contributed by atoms with van der Waals surface area (Å²) >= 11 is 6.08. The lowest BCUT2D eigenvalue weighted by Gasteiger charge is -2.16. The van der Waals surface area contributed by atoms with Gasteiger partial charge in [0.25, 0.3) is 11.6 Å². The molecule has 2 aromatic rings. The van der Waals surface area contributed by atoms with Crippen molar-refractivity contribution in [2.45, 2.75) is 13.0 Å². The first-order valence-electron chi connectivity index (χ1n) is 8.47. The zero-order valence-corrected chi connectivity index (χ0v) is 17.3. The van der Waals surface area contributed by atoms with Crippen LogP contribution in [0.5, 0.6) is 17.2 Å². The van der Waals surface area contributed by atoms with Gasteiger partial charge in [0.05, 0.1) is 42.5 Å². The zero-order valence-electron chi connectivity index (χ0n) is 16.6. The third kappa shape index (κ3) is 5.09. The average molecular weight is 439 g/mol. The molecule has 0 saturated carbocycles. The molecule has 0 spiro atoms. The van der Waals surface area contributed by atoms with Gasteiger partial charge in [0.15, 0.2) is 17.6 Å². The maximum Gasteiger partial charge on any atom is 0.339 e. The number of esters is 1. The van der Waals surface area contributed by atoms with Crippen molar-refractivity contribution in [3.8, 4) is 17.2 Å². The molecule has 0 saturated heterocycles. The van der Waals surface area contributed by atoms with E-state index in [0.717, 1.165) is 6.07 Å². The van der Waals surface area contributed by atoms with Crippen molar-refractivity contribution in [3.63, 3.8) is 0 Å². The Kier molecular flexibility index (Phi) is 7.43. The molecule has 1 atom stereocenters. The van der Waals surface area contributed by atoms with Crippen LogP contribution in [0.2, 0.25) is 5.02 Å². The van der Waals surface area contributed by atoms with Gasteiger partial charge in [0.2, 0.25) is 0 Å². The molecule has 10 nitrogen and oxygen atoms in total. The lowest BCUT2D eigenvalue weighted by Crippen LogP contribution is -2.30. The second-order valence-electron chi connectivity index (χ2n) is 5.87. The molecule has 2 aromatic carbocycles. The smallest absolute Gasteiger partial charge is 0.339 e. The minimum Gasteiger partial charge on any atom is -0.495 e. The molecule has 0 unspecified atom stereocenters. The molecule has 1 N–H and O–H groups in total. The minimum atomic E-state index is -1.23. The van der Waals surface area contributed by atoms with E-state index in [1.807, 2.05) is 0 Å². The van der Waals surface area contributed by atoms with E-state index in [-0.39, 0.29) is 39.2 Å².